The Morgan fingerprint density at radius 2 is 2.12 bits per heavy atom. The SMILES string of the molecule is Cc1[nH]ncc1-c1ccnc(S(C)(=O)=O)n1. The zero-order chi connectivity index (χ0) is 11.8. The average Bonchev–Trinajstić information content (AvgIpc) is 2.63. The van der Waals surface area contributed by atoms with E-state index in [1.54, 1.807) is 12.3 Å². The molecule has 0 radical (unpaired) electrons. The highest BCUT2D eigenvalue weighted by Crippen LogP contribution is 2.19. The molecule has 0 amide bonds. The van der Waals surface area contributed by atoms with Crippen LogP contribution in [0.5, 0.6) is 0 Å². The Labute approximate surface area is 92.7 Å². The summed E-state index contributed by atoms with van der Waals surface area (Å²) in [6.07, 6.45) is 4.10. The van der Waals surface area contributed by atoms with E-state index in [2.05, 4.69) is 20.2 Å². The number of nitrogens with one attached hydrogen (secondary N) is 1. The monoisotopic (exact) mass is 238 g/mol. The van der Waals surface area contributed by atoms with E-state index in [1.165, 1.54) is 6.20 Å². The molecule has 2 rings (SSSR count). The molecule has 0 saturated heterocycles. The molecule has 0 unspecified atom stereocenters. The molecule has 0 aliphatic heterocycles. The molecule has 16 heavy (non-hydrogen) atoms. The first kappa shape index (κ1) is 10.7. The van der Waals surface area contributed by atoms with Crippen molar-refractivity contribution in [1.29, 1.82) is 0 Å². The zero-order valence-electron chi connectivity index (χ0n) is 8.80. The van der Waals surface area contributed by atoms with Gasteiger partial charge in [0.25, 0.3) is 0 Å². The Balaban J connectivity index is 2.57. The van der Waals surface area contributed by atoms with Crippen LogP contribution in [0.2, 0.25) is 0 Å². The van der Waals surface area contributed by atoms with E-state index < -0.39 is 9.84 Å². The first-order valence-corrected chi connectivity index (χ1v) is 6.41. The molecule has 7 heteroatoms. The van der Waals surface area contributed by atoms with Gasteiger partial charge in [-0.2, -0.15) is 5.10 Å². The Kier molecular flexibility index (Phi) is 2.47. The number of sulfone groups is 1. The molecule has 0 spiro atoms. The van der Waals surface area contributed by atoms with Gasteiger partial charge >= 0.3 is 0 Å². The quantitative estimate of drug-likeness (QED) is 0.773. The summed E-state index contributed by atoms with van der Waals surface area (Å²) in [6.45, 7) is 1.84. The summed E-state index contributed by atoms with van der Waals surface area (Å²) in [5.74, 6) is 0. The van der Waals surface area contributed by atoms with E-state index in [0.29, 0.717) is 5.69 Å². The fourth-order valence-electron chi connectivity index (χ4n) is 1.28. The van der Waals surface area contributed by atoms with Crippen LogP contribution in [0.15, 0.2) is 23.6 Å². The summed E-state index contributed by atoms with van der Waals surface area (Å²) in [6, 6.07) is 1.65. The number of rotatable bonds is 2. The smallest absolute Gasteiger partial charge is 0.247 e. The lowest BCUT2D eigenvalue weighted by Crippen LogP contribution is -2.04. The Bertz CT molecular complexity index is 618. The van der Waals surface area contributed by atoms with Crippen LogP contribution < -0.4 is 0 Å². The minimum absolute atomic E-state index is 0.175. The summed E-state index contributed by atoms with van der Waals surface area (Å²) in [5.41, 5.74) is 2.15. The normalized spacial score (nSPS) is 11.6. The van der Waals surface area contributed by atoms with Crippen molar-refractivity contribution < 1.29 is 8.42 Å². The van der Waals surface area contributed by atoms with Crippen molar-refractivity contribution in [2.45, 2.75) is 12.1 Å². The maximum atomic E-state index is 11.3. The van der Waals surface area contributed by atoms with Crippen LogP contribution in [0, 0.1) is 6.92 Å². The first-order valence-electron chi connectivity index (χ1n) is 4.52. The minimum atomic E-state index is -3.38. The van der Waals surface area contributed by atoms with E-state index >= 15 is 0 Å². The van der Waals surface area contributed by atoms with Gasteiger partial charge < -0.3 is 0 Å². The van der Waals surface area contributed by atoms with Gasteiger partial charge in [0.2, 0.25) is 15.0 Å². The third-order valence-corrected chi connectivity index (χ3v) is 2.93. The van der Waals surface area contributed by atoms with E-state index in [-0.39, 0.29) is 5.16 Å². The maximum Gasteiger partial charge on any atom is 0.247 e. The maximum absolute atomic E-state index is 11.3. The fourth-order valence-corrected chi connectivity index (χ4v) is 1.79. The standard InChI is InChI=1S/C9H10N4O2S/c1-6-7(5-11-13-6)8-3-4-10-9(12-8)16(2,14)15/h3-5H,1-2H3,(H,11,13). The van der Waals surface area contributed by atoms with Crippen LogP contribution in [0.4, 0.5) is 0 Å². The second-order valence-electron chi connectivity index (χ2n) is 3.41. The van der Waals surface area contributed by atoms with E-state index in [0.717, 1.165) is 17.5 Å². The molecule has 1 N–H and O–H groups in total. The van der Waals surface area contributed by atoms with Crippen molar-refractivity contribution in [3.63, 3.8) is 0 Å². The predicted molar refractivity (Wildman–Crippen MR) is 57.5 cm³/mol. The Morgan fingerprint density at radius 3 is 2.69 bits per heavy atom. The number of aromatic amines is 1. The largest absolute Gasteiger partial charge is 0.282 e. The summed E-state index contributed by atoms with van der Waals surface area (Å²) >= 11 is 0. The van der Waals surface area contributed by atoms with Gasteiger partial charge in [0.15, 0.2) is 0 Å². The van der Waals surface area contributed by atoms with Gasteiger partial charge in [0, 0.05) is 23.7 Å². The number of aryl methyl sites for hydroxylation is 1. The molecular weight excluding hydrogens is 228 g/mol. The predicted octanol–water partition coefficient (Wildman–Crippen LogP) is 0.579. The minimum Gasteiger partial charge on any atom is -0.282 e. The fraction of sp³-hybridized carbons (Fsp3) is 0.222. The van der Waals surface area contributed by atoms with E-state index in [1.807, 2.05) is 6.92 Å². The van der Waals surface area contributed by atoms with Crippen LogP contribution in [-0.2, 0) is 9.84 Å². The Morgan fingerprint density at radius 1 is 1.38 bits per heavy atom. The third kappa shape index (κ3) is 1.94. The molecule has 0 saturated carbocycles. The van der Waals surface area contributed by atoms with Crippen molar-refractivity contribution in [3.05, 3.63) is 24.2 Å². The molecule has 0 fully saturated rings. The van der Waals surface area contributed by atoms with Crippen molar-refractivity contribution in [3.8, 4) is 11.3 Å². The van der Waals surface area contributed by atoms with E-state index in [4.69, 9.17) is 0 Å². The highest BCUT2D eigenvalue weighted by Gasteiger charge is 2.13. The molecule has 84 valence electrons. The average molecular weight is 238 g/mol. The van der Waals surface area contributed by atoms with Crippen molar-refractivity contribution in [1.82, 2.24) is 20.2 Å². The van der Waals surface area contributed by atoms with Crippen LogP contribution >= 0.6 is 0 Å². The van der Waals surface area contributed by atoms with Gasteiger partial charge in [-0.3, -0.25) is 5.10 Å². The summed E-state index contributed by atoms with van der Waals surface area (Å²) in [7, 11) is -3.38. The second-order valence-corrected chi connectivity index (χ2v) is 5.31. The van der Waals surface area contributed by atoms with Crippen molar-refractivity contribution >= 4 is 9.84 Å². The molecule has 0 atom stereocenters. The topological polar surface area (TPSA) is 88.6 Å². The lowest BCUT2D eigenvalue weighted by atomic mass is 10.2. The highest BCUT2D eigenvalue weighted by molar-refractivity contribution is 7.90. The van der Waals surface area contributed by atoms with Crippen molar-refractivity contribution in [2.75, 3.05) is 6.26 Å². The zero-order valence-corrected chi connectivity index (χ0v) is 9.61. The van der Waals surface area contributed by atoms with Crippen LogP contribution in [-0.4, -0.2) is 34.8 Å². The molecule has 0 aliphatic rings. The van der Waals surface area contributed by atoms with Gasteiger partial charge in [-0.05, 0) is 13.0 Å². The molecule has 2 aromatic heterocycles. The lowest BCUT2D eigenvalue weighted by molar-refractivity contribution is 0.593. The molecular formula is C9H10N4O2S. The second kappa shape index (κ2) is 3.67. The van der Waals surface area contributed by atoms with Gasteiger partial charge in [-0.1, -0.05) is 0 Å². The molecule has 2 aromatic rings. The van der Waals surface area contributed by atoms with Crippen LogP contribution in [0.25, 0.3) is 11.3 Å². The summed E-state index contributed by atoms with van der Waals surface area (Å²) in [4.78, 5) is 7.71. The van der Waals surface area contributed by atoms with Crippen LogP contribution in [0.1, 0.15) is 5.69 Å². The number of H-pyrrole nitrogens is 1. The molecule has 0 bridgehead atoms. The van der Waals surface area contributed by atoms with Crippen LogP contribution in [0.3, 0.4) is 0 Å². The lowest BCUT2D eigenvalue weighted by Gasteiger charge is -2.00. The molecule has 0 aliphatic carbocycles. The number of hydrogen-bond donors (Lipinski definition) is 1. The number of aromatic nitrogens is 4. The third-order valence-electron chi connectivity index (χ3n) is 2.07. The Hall–Kier alpha value is -1.76. The van der Waals surface area contributed by atoms with Gasteiger partial charge in [0.1, 0.15) is 0 Å². The molecule has 6 nitrogen and oxygen atoms in total. The summed E-state index contributed by atoms with van der Waals surface area (Å²) < 4.78 is 22.6. The summed E-state index contributed by atoms with van der Waals surface area (Å²) in [5, 5.41) is 6.45. The van der Waals surface area contributed by atoms with Gasteiger partial charge in [-0.25, -0.2) is 18.4 Å². The number of hydrogen-bond acceptors (Lipinski definition) is 5. The van der Waals surface area contributed by atoms with Gasteiger partial charge in [0.05, 0.1) is 11.9 Å². The highest BCUT2D eigenvalue weighted by atomic mass is 32.2. The molecule has 0 aromatic carbocycles. The van der Waals surface area contributed by atoms with Crippen molar-refractivity contribution in [2.24, 2.45) is 0 Å². The first-order chi connectivity index (χ1) is 7.48. The molecule has 2 heterocycles. The van der Waals surface area contributed by atoms with Gasteiger partial charge in [-0.15, -0.1) is 0 Å². The van der Waals surface area contributed by atoms with E-state index in [9.17, 15) is 8.42 Å². The number of nitrogens with zero attached hydrogens (tertiary/aromatic N) is 3.